The number of carbonyl (C=O) groups is 2. The lowest BCUT2D eigenvalue weighted by molar-refractivity contribution is -0.384. The first-order valence-electron chi connectivity index (χ1n) is 6.01. The molecule has 0 aliphatic carbocycles. The van der Waals surface area contributed by atoms with Crippen LogP contribution in [0.5, 0.6) is 0 Å². The van der Waals surface area contributed by atoms with E-state index in [0.717, 1.165) is 0 Å². The summed E-state index contributed by atoms with van der Waals surface area (Å²) in [6.45, 7) is 3.48. The zero-order chi connectivity index (χ0) is 14.9. The van der Waals surface area contributed by atoms with Crippen molar-refractivity contribution in [1.29, 1.82) is 0 Å². The van der Waals surface area contributed by atoms with Gasteiger partial charge >= 0.3 is 0 Å². The van der Waals surface area contributed by atoms with Gasteiger partial charge in [-0.15, -0.1) is 0 Å². The van der Waals surface area contributed by atoms with Crippen molar-refractivity contribution in [2.45, 2.75) is 19.9 Å². The molecule has 2 aromatic rings. The largest absolute Gasteiger partial charge is 0.360 e. The van der Waals surface area contributed by atoms with Crippen molar-refractivity contribution < 1.29 is 14.5 Å². The predicted octanol–water partition coefficient (Wildman–Crippen LogP) is 1.78. The van der Waals surface area contributed by atoms with Crippen LogP contribution in [0.25, 0.3) is 10.9 Å². The normalized spacial score (nSPS) is 10.8. The van der Waals surface area contributed by atoms with Crippen LogP contribution in [-0.2, 0) is 4.79 Å². The van der Waals surface area contributed by atoms with E-state index in [9.17, 15) is 19.7 Å². The van der Waals surface area contributed by atoms with E-state index in [0.29, 0.717) is 10.9 Å². The number of nitrogens with one attached hydrogen (secondary N) is 2. The van der Waals surface area contributed by atoms with Gasteiger partial charge in [-0.1, -0.05) is 0 Å². The van der Waals surface area contributed by atoms with Crippen molar-refractivity contribution >= 4 is 28.3 Å². The minimum Gasteiger partial charge on any atom is -0.360 e. The lowest BCUT2D eigenvalue weighted by atomic mass is 10.1. The van der Waals surface area contributed by atoms with Gasteiger partial charge in [-0.05, 0) is 19.9 Å². The third kappa shape index (κ3) is 2.51. The monoisotopic (exact) mass is 275 g/mol. The number of aromatic nitrogens is 1. The molecule has 1 aromatic heterocycles. The Balaban J connectivity index is 2.44. The van der Waals surface area contributed by atoms with Crippen LogP contribution in [0.4, 0.5) is 5.69 Å². The fraction of sp³-hybridized carbons (Fsp3) is 0.231. The smallest absolute Gasteiger partial charge is 0.292 e. The quantitative estimate of drug-likeness (QED) is 0.384. The van der Waals surface area contributed by atoms with E-state index < -0.39 is 16.6 Å². The van der Waals surface area contributed by atoms with E-state index in [1.807, 2.05) is 0 Å². The van der Waals surface area contributed by atoms with Crippen LogP contribution in [0, 0.1) is 10.1 Å². The fourth-order valence-corrected chi connectivity index (χ4v) is 1.86. The van der Waals surface area contributed by atoms with E-state index in [-0.39, 0.29) is 17.3 Å². The molecule has 1 heterocycles. The molecule has 0 atom stereocenters. The van der Waals surface area contributed by atoms with E-state index in [1.165, 1.54) is 24.4 Å². The SMILES string of the molecule is CC(C)NC(=O)C(=O)c1c[nH]c2ccc([N+](=O)[O-])cc12. The molecule has 1 aromatic carbocycles. The summed E-state index contributed by atoms with van der Waals surface area (Å²) in [6, 6.07) is 3.96. The van der Waals surface area contributed by atoms with Gasteiger partial charge in [0.1, 0.15) is 0 Å². The van der Waals surface area contributed by atoms with Gasteiger partial charge in [0.25, 0.3) is 17.4 Å². The average Bonchev–Trinajstić information content (AvgIpc) is 2.79. The van der Waals surface area contributed by atoms with Crippen LogP contribution in [0.15, 0.2) is 24.4 Å². The van der Waals surface area contributed by atoms with Crippen molar-refractivity contribution in [2.75, 3.05) is 0 Å². The summed E-state index contributed by atoms with van der Waals surface area (Å²) in [6.07, 6.45) is 1.39. The van der Waals surface area contributed by atoms with E-state index >= 15 is 0 Å². The molecule has 0 radical (unpaired) electrons. The molecule has 2 rings (SSSR count). The maximum atomic E-state index is 12.0. The third-order valence-electron chi connectivity index (χ3n) is 2.75. The number of Topliss-reactive ketones (excluding diaryl/α,β-unsaturated/α-hetero) is 1. The highest BCUT2D eigenvalue weighted by molar-refractivity contribution is 6.45. The number of nitro benzene ring substituents is 1. The molecule has 0 spiro atoms. The number of non-ortho nitro benzene ring substituents is 1. The van der Waals surface area contributed by atoms with Crippen LogP contribution >= 0.6 is 0 Å². The van der Waals surface area contributed by atoms with Crippen LogP contribution in [-0.4, -0.2) is 27.6 Å². The first kappa shape index (κ1) is 13.7. The maximum Gasteiger partial charge on any atom is 0.292 e. The Labute approximate surface area is 114 Å². The molecule has 0 aliphatic heterocycles. The van der Waals surface area contributed by atoms with Crippen LogP contribution in [0.1, 0.15) is 24.2 Å². The minimum absolute atomic E-state index is 0.127. The molecule has 1 amide bonds. The van der Waals surface area contributed by atoms with Crippen LogP contribution < -0.4 is 5.32 Å². The van der Waals surface area contributed by atoms with Gasteiger partial charge in [0.2, 0.25) is 0 Å². The number of amides is 1. The van der Waals surface area contributed by atoms with Gasteiger partial charge in [-0.2, -0.15) is 0 Å². The number of H-pyrrole nitrogens is 1. The molecule has 104 valence electrons. The molecule has 7 heteroatoms. The minimum atomic E-state index is -0.729. The molecule has 0 saturated heterocycles. The number of nitro groups is 1. The molecule has 0 fully saturated rings. The zero-order valence-electron chi connectivity index (χ0n) is 11.0. The van der Waals surface area contributed by atoms with E-state index in [2.05, 4.69) is 10.3 Å². The summed E-state index contributed by atoms with van der Waals surface area (Å²) in [4.78, 5) is 36.8. The first-order chi connectivity index (χ1) is 9.40. The molecule has 7 nitrogen and oxygen atoms in total. The van der Waals surface area contributed by atoms with Gasteiger partial charge in [0, 0.05) is 35.3 Å². The van der Waals surface area contributed by atoms with Gasteiger partial charge in [-0.25, -0.2) is 0 Å². The van der Waals surface area contributed by atoms with Gasteiger partial charge in [0.15, 0.2) is 0 Å². The highest BCUT2D eigenvalue weighted by atomic mass is 16.6. The van der Waals surface area contributed by atoms with E-state index in [1.54, 1.807) is 13.8 Å². The Kier molecular flexibility index (Phi) is 3.51. The summed E-state index contributed by atoms with van der Waals surface area (Å²) in [5.41, 5.74) is 0.563. The molecule has 0 aliphatic rings. The Hall–Kier alpha value is -2.70. The number of carbonyl (C=O) groups excluding carboxylic acids is 2. The lowest BCUT2D eigenvalue weighted by Crippen LogP contribution is -2.35. The number of hydrogen-bond donors (Lipinski definition) is 2. The Morgan fingerprint density at radius 3 is 2.65 bits per heavy atom. The fourth-order valence-electron chi connectivity index (χ4n) is 1.86. The molecule has 0 saturated carbocycles. The molecule has 20 heavy (non-hydrogen) atoms. The Morgan fingerprint density at radius 2 is 2.05 bits per heavy atom. The molecular weight excluding hydrogens is 262 g/mol. The van der Waals surface area contributed by atoms with Crippen molar-refractivity contribution in [2.24, 2.45) is 0 Å². The van der Waals surface area contributed by atoms with Crippen LogP contribution in [0.2, 0.25) is 0 Å². The van der Waals surface area contributed by atoms with Gasteiger partial charge < -0.3 is 10.3 Å². The number of benzene rings is 1. The second-order valence-electron chi connectivity index (χ2n) is 4.65. The van der Waals surface area contributed by atoms with Crippen molar-refractivity contribution in [3.63, 3.8) is 0 Å². The number of ketones is 1. The highest BCUT2D eigenvalue weighted by Gasteiger charge is 2.21. The number of fused-ring (bicyclic) bond motifs is 1. The van der Waals surface area contributed by atoms with Gasteiger partial charge in [0.05, 0.1) is 10.5 Å². The highest BCUT2D eigenvalue weighted by Crippen LogP contribution is 2.24. The number of rotatable bonds is 4. The topological polar surface area (TPSA) is 105 Å². The average molecular weight is 275 g/mol. The molecule has 0 unspecified atom stereocenters. The van der Waals surface area contributed by atoms with Crippen molar-refractivity contribution in [3.8, 4) is 0 Å². The number of aromatic amines is 1. The predicted molar refractivity (Wildman–Crippen MR) is 72.6 cm³/mol. The summed E-state index contributed by atoms with van der Waals surface area (Å²) in [5.74, 6) is -1.45. The zero-order valence-corrected chi connectivity index (χ0v) is 11.0. The van der Waals surface area contributed by atoms with Crippen molar-refractivity contribution in [3.05, 3.63) is 40.1 Å². The lowest BCUT2D eigenvalue weighted by Gasteiger charge is -2.06. The summed E-state index contributed by atoms with van der Waals surface area (Å²) in [5, 5.41) is 13.6. The van der Waals surface area contributed by atoms with E-state index in [4.69, 9.17) is 0 Å². The second-order valence-corrected chi connectivity index (χ2v) is 4.65. The molecule has 2 N–H and O–H groups in total. The Morgan fingerprint density at radius 1 is 1.35 bits per heavy atom. The molecule has 0 bridgehead atoms. The summed E-state index contributed by atoms with van der Waals surface area (Å²) in [7, 11) is 0. The Bertz CT molecular complexity index is 703. The van der Waals surface area contributed by atoms with Gasteiger partial charge in [-0.3, -0.25) is 19.7 Å². The number of hydrogen-bond acceptors (Lipinski definition) is 4. The second kappa shape index (κ2) is 5.12. The summed E-state index contributed by atoms with van der Waals surface area (Å²) >= 11 is 0. The summed E-state index contributed by atoms with van der Waals surface area (Å²) < 4.78 is 0. The van der Waals surface area contributed by atoms with Crippen molar-refractivity contribution in [1.82, 2.24) is 10.3 Å². The standard InChI is InChI=1S/C13H13N3O4/c1-7(2)15-13(18)12(17)10-6-14-11-4-3-8(16(19)20)5-9(10)11/h3-7,14H,1-2H3,(H,15,18). The number of nitrogens with zero attached hydrogens (tertiary/aromatic N) is 1. The van der Waals surface area contributed by atoms with Crippen LogP contribution in [0.3, 0.4) is 0 Å². The first-order valence-corrected chi connectivity index (χ1v) is 6.01. The maximum absolute atomic E-state index is 12.0. The molecular formula is C13H13N3O4. The third-order valence-corrected chi connectivity index (χ3v) is 2.75.